The summed E-state index contributed by atoms with van der Waals surface area (Å²) in [5, 5.41) is 6.18. The molecule has 1 N–H and O–H groups in total. The maximum Gasteiger partial charge on any atom is 0.242 e. The van der Waals surface area contributed by atoms with E-state index in [1.54, 1.807) is 18.4 Å². The molecule has 2 aliphatic rings. The van der Waals surface area contributed by atoms with Gasteiger partial charge in [0.05, 0.1) is 13.2 Å². The highest BCUT2D eigenvalue weighted by Gasteiger charge is 2.33. The minimum atomic E-state index is -0.112. The average Bonchev–Trinajstić information content (AvgIpc) is 3.46. The maximum atomic E-state index is 13.1. The van der Waals surface area contributed by atoms with Crippen LogP contribution < -0.4 is 15.0 Å². The second-order valence-corrected chi connectivity index (χ2v) is 8.67. The van der Waals surface area contributed by atoms with Crippen LogP contribution in [-0.2, 0) is 4.79 Å². The van der Waals surface area contributed by atoms with Crippen molar-refractivity contribution >= 4 is 22.4 Å². The lowest BCUT2D eigenvalue weighted by Gasteiger charge is -2.35. The van der Waals surface area contributed by atoms with Crippen molar-refractivity contribution in [3.8, 4) is 5.75 Å². The first-order valence-corrected chi connectivity index (χ1v) is 11.5. The molecule has 2 atom stereocenters. The third kappa shape index (κ3) is 4.73. The van der Waals surface area contributed by atoms with Gasteiger partial charge in [0.25, 0.3) is 0 Å². The third-order valence-electron chi connectivity index (χ3n) is 6.02. The van der Waals surface area contributed by atoms with E-state index in [1.165, 1.54) is 24.8 Å². The molecule has 2 saturated heterocycles. The summed E-state index contributed by atoms with van der Waals surface area (Å²) in [4.78, 5) is 22.1. The van der Waals surface area contributed by atoms with E-state index in [0.717, 1.165) is 43.4 Å². The second kappa shape index (κ2) is 9.59. The van der Waals surface area contributed by atoms with E-state index in [1.807, 2.05) is 23.7 Å². The molecule has 2 aliphatic heterocycles. The minimum absolute atomic E-state index is 0.112. The Morgan fingerprint density at radius 3 is 2.69 bits per heavy atom. The van der Waals surface area contributed by atoms with E-state index in [-0.39, 0.29) is 18.0 Å². The number of likely N-dealkylation sites (tertiary alicyclic amines) is 1. The van der Waals surface area contributed by atoms with Crippen LogP contribution in [-0.4, -0.2) is 55.1 Å². The number of hydrogen-bond donors (Lipinski definition) is 1. The van der Waals surface area contributed by atoms with E-state index in [9.17, 15) is 4.79 Å². The van der Waals surface area contributed by atoms with E-state index in [2.05, 4.69) is 32.2 Å². The summed E-state index contributed by atoms with van der Waals surface area (Å²) in [5.74, 6) is 0.980. The Kier molecular flexibility index (Phi) is 6.67. The Balaban J connectivity index is 1.44. The number of anilines is 1. The number of benzene rings is 1. The molecule has 6 nitrogen and oxygen atoms in total. The number of methoxy groups -OCH3 is 1. The Bertz CT molecular complexity index is 775. The average molecular weight is 415 g/mol. The van der Waals surface area contributed by atoms with Crippen LogP contribution in [0.1, 0.15) is 43.7 Å². The van der Waals surface area contributed by atoms with E-state index in [4.69, 9.17) is 4.74 Å². The zero-order valence-electron chi connectivity index (χ0n) is 17.0. The number of hydrogen-bond acceptors (Lipinski definition) is 6. The Labute approximate surface area is 176 Å². The quantitative estimate of drug-likeness (QED) is 0.752. The number of carbonyl (C=O) groups excluding carboxylic acids is 1. The van der Waals surface area contributed by atoms with Gasteiger partial charge in [0.2, 0.25) is 5.91 Å². The van der Waals surface area contributed by atoms with Gasteiger partial charge in [-0.05, 0) is 56.5 Å². The van der Waals surface area contributed by atoms with Crippen molar-refractivity contribution in [1.29, 1.82) is 0 Å². The molecule has 2 fully saturated rings. The molecule has 1 amide bonds. The molecule has 4 rings (SSSR count). The highest BCUT2D eigenvalue weighted by molar-refractivity contribution is 7.13. The van der Waals surface area contributed by atoms with Gasteiger partial charge in [-0.25, -0.2) is 4.98 Å². The summed E-state index contributed by atoms with van der Waals surface area (Å²) < 4.78 is 5.31. The van der Waals surface area contributed by atoms with Crippen LogP contribution in [0.5, 0.6) is 5.75 Å². The molecule has 1 aromatic heterocycles. The first kappa shape index (κ1) is 20.2. The van der Waals surface area contributed by atoms with E-state index < -0.39 is 0 Å². The predicted octanol–water partition coefficient (Wildman–Crippen LogP) is 3.46. The summed E-state index contributed by atoms with van der Waals surface area (Å²) in [6.45, 7) is 3.70. The Morgan fingerprint density at radius 2 is 2.00 bits per heavy atom. The molecule has 0 radical (unpaired) electrons. The normalized spacial score (nSPS) is 21.1. The van der Waals surface area contributed by atoms with Gasteiger partial charge in [-0.15, -0.1) is 11.3 Å². The summed E-state index contributed by atoms with van der Waals surface area (Å²) in [5.41, 5.74) is 1.23. The smallest absolute Gasteiger partial charge is 0.242 e. The van der Waals surface area contributed by atoms with Gasteiger partial charge in [-0.1, -0.05) is 18.6 Å². The lowest BCUT2D eigenvalue weighted by Crippen LogP contribution is -2.47. The van der Waals surface area contributed by atoms with Crippen LogP contribution >= 0.6 is 11.3 Å². The summed E-state index contributed by atoms with van der Waals surface area (Å²) in [6, 6.07) is 8.35. The van der Waals surface area contributed by atoms with Crippen LogP contribution in [0.15, 0.2) is 35.8 Å². The lowest BCUT2D eigenvalue weighted by molar-refractivity contribution is -0.122. The zero-order chi connectivity index (χ0) is 20.1. The Morgan fingerprint density at radius 1 is 1.21 bits per heavy atom. The number of carbonyl (C=O) groups is 1. The van der Waals surface area contributed by atoms with Crippen molar-refractivity contribution in [2.45, 2.75) is 44.2 Å². The number of nitrogens with zero attached hydrogens (tertiary/aromatic N) is 3. The number of nitrogens with one attached hydrogen (secondary N) is 1. The van der Waals surface area contributed by atoms with Gasteiger partial charge < -0.3 is 15.0 Å². The minimum Gasteiger partial charge on any atom is -0.497 e. The number of rotatable bonds is 7. The van der Waals surface area contributed by atoms with Crippen molar-refractivity contribution in [2.24, 2.45) is 0 Å². The largest absolute Gasteiger partial charge is 0.497 e. The molecule has 29 heavy (non-hydrogen) atoms. The number of ether oxygens (including phenoxy) is 1. The molecule has 2 unspecified atom stereocenters. The van der Waals surface area contributed by atoms with Gasteiger partial charge in [0.1, 0.15) is 11.8 Å². The number of amides is 1. The van der Waals surface area contributed by atoms with Crippen molar-refractivity contribution in [3.05, 3.63) is 41.4 Å². The first-order valence-electron chi connectivity index (χ1n) is 10.6. The fourth-order valence-corrected chi connectivity index (χ4v) is 5.17. The van der Waals surface area contributed by atoms with Crippen molar-refractivity contribution in [3.63, 3.8) is 0 Å². The molecule has 0 spiro atoms. The fraction of sp³-hybridized carbons (Fsp3) is 0.545. The standard InChI is InChI=1S/C22H30N4O2S/c1-28-18-9-7-17(8-10-18)20(25-12-3-2-4-13-25)16-24-21(27)19-6-5-14-26(19)22-23-11-15-29-22/h7-11,15,19-20H,2-6,12-14,16H2,1H3,(H,24,27). The van der Waals surface area contributed by atoms with Crippen LogP contribution in [0.2, 0.25) is 0 Å². The van der Waals surface area contributed by atoms with Gasteiger partial charge in [-0.3, -0.25) is 9.69 Å². The number of aromatic nitrogens is 1. The lowest BCUT2D eigenvalue weighted by atomic mass is 10.0. The topological polar surface area (TPSA) is 57.7 Å². The first-order chi connectivity index (χ1) is 14.3. The van der Waals surface area contributed by atoms with Crippen LogP contribution in [0.25, 0.3) is 0 Å². The maximum absolute atomic E-state index is 13.1. The van der Waals surface area contributed by atoms with Crippen LogP contribution in [0, 0.1) is 0 Å². The molecule has 156 valence electrons. The Hall–Kier alpha value is -2.12. The monoisotopic (exact) mass is 414 g/mol. The molecule has 0 saturated carbocycles. The van der Waals surface area contributed by atoms with Crippen LogP contribution in [0.4, 0.5) is 5.13 Å². The summed E-state index contributed by atoms with van der Waals surface area (Å²) in [7, 11) is 1.69. The SMILES string of the molecule is COc1ccc(C(CNC(=O)C2CCCN2c2nccs2)N2CCCCC2)cc1. The van der Waals surface area contributed by atoms with Crippen LogP contribution in [0.3, 0.4) is 0 Å². The van der Waals surface area contributed by atoms with Gasteiger partial charge in [0, 0.05) is 24.7 Å². The fourth-order valence-electron chi connectivity index (χ4n) is 4.45. The summed E-state index contributed by atoms with van der Waals surface area (Å²) >= 11 is 1.60. The van der Waals surface area contributed by atoms with Crippen molar-refractivity contribution < 1.29 is 9.53 Å². The number of piperidine rings is 1. The second-order valence-electron chi connectivity index (χ2n) is 7.80. The molecular formula is C22H30N4O2S. The molecule has 1 aromatic carbocycles. The highest BCUT2D eigenvalue weighted by atomic mass is 32.1. The van der Waals surface area contributed by atoms with E-state index >= 15 is 0 Å². The highest BCUT2D eigenvalue weighted by Crippen LogP contribution is 2.28. The van der Waals surface area contributed by atoms with E-state index in [0.29, 0.717) is 6.54 Å². The predicted molar refractivity (Wildman–Crippen MR) is 117 cm³/mol. The molecule has 3 heterocycles. The van der Waals surface area contributed by atoms with Gasteiger partial charge in [-0.2, -0.15) is 0 Å². The van der Waals surface area contributed by atoms with Gasteiger partial charge >= 0.3 is 0 Å². The van der Waals surface area contributed by atoms with Crippen molar-refractivity contribution in [1.82, 2.24) is 15.2 Å². The zero-order valence-corrected chi connectivity index (χ0v) is 17.9. The third-order valence-corrected chi connectivity index (χ3v) is 6.83. The molecule has 0 aliphatic carbocycles. The van der Waals surface area contributed by atoms with Crippen molar-refractivity contribution in [2.75, 3.05) is 38.2 Å². The molecule has 2 aromatic rings. The molecule has 7 heteroatoms. The molecular weight excluding hydrogens is 384 g/mol. The summed E-state index contributed by atoms with van der Waals surface area (Å²) in [6.07, 6.45) is 7.47. The molecule has 0 bridgehead atoms. The number of thiazole rings is 1. The van der Waals surface area contributed by atoms with Gasteiger partial charge in [0.15, 0.2) is 5.13 Å².